The van der Waals surface area contributed by atoms with E-state index in [2.05, 4.69) is 20.4 Å². The number of aryl methyl sites for hydroxylation is 1. The quantitative estimate of drug-likeness (QED) is 0.523. The van der Waals surface area contributed by atoms with Crippen molar-refractivity contribution in [1.29, 1.82) is 0 Å². The summed E-state index contributed by atoms with van der Waals surface area (Å²) in [6.07, 6.45) is 4.82. The zero-order valence-electron chi connectivity index (χ0n) is 18.5. The van der Waals surface area contributed by atoms with Gasteiger partial charge >= 0.3 is 0 Å². The van der Waals surface area contributed by atoms with Crippen LogP contribution < -0.4 is 5.32 Å². The Morgan fingerprint density at radius 2 is 2.03 bits per heavy atom. The lowest BCUT2D eigenvalue weighted by Gasteiger charge is -2.16. The van der Waals surface area contributed by atoms with Crippen molar-refractivity contribution >= 4 is 22.9 Å². The zero-order chi connectivity index (χ0) is 22.2. The van der Waals surface area contributed by atoms with Gasteiger partial charge in [-0.2, -0.15) is 5.10 Å². The summed E-state index contributed by atoms with van der Waals surface area (Å²) in [5.74, 6) is 1.67. The lowest BCUT2D eigenvalue weighted by atomic mass is 10.2. The molecule has 0 unspecified atom stereocenters. The third kappa shape index (κ3) is 3.39. The number of benzene rings is 1. The minimum Gasteiger partial charge on any atom is -0.364 e. The predicted octanol–water partition coefficient (Wildman–Crippen LogP) is 2.95. The Balaban J connectivity index is 1.48. The van der Waals surface area contributed by atoms with Crippen LogP contribution in [0.4, 0.5) is 5.82 Å². The number of fused-ring (bicyclic) bond motifs is 1. The lowest BCUT2D eigenvalue weighted by molar-refractivity contribution is -0.129. The van der Waals surface area contributed by atoms with Gasteiger partial charge < -0.3 is 14.8 Å². The highest BCUT2D eigenvalue weighted by Crippen LogP contribution is 2.29. The van der Waals surface area contributed by atoms with Gasteiger partial charge in [0.2, 0.25) is 5.91 Å². The van der Waals surface area contributed by atoms with Gasteiger partial charge in [0.05, 0.1) is 23.1 Å². The highest BCUT2D eigenvalue weighted by Gasteiger charge is 2.27. The number of nitrogens with zero attached hydrogens (tertiary/aromatic N) is 7. The fourth-order valence-corrected chi connectivity index (χ4v) is 4.33. The number of nitrogens with one attached hydrogen (secondary N) is 1. The third-order valence-electron chi connectivity index (χ3n) is 6.09. The Kier molecular flexibility index (Phi) is 5.08. The van der Waals surface area contributed by atoms with Crippen LogP contribution in [0.5, 0.6) is 0 Å². The second-order valence-electron chi connectivity index (χ2n) is 8.10. The first-order valence-electron chi connectivity index (χ1n) is 10.9. The molecule has 0 spiro atoms. The number of carbonyl (C=O) groups is 1. The van der Waals surface area contributed by atoms with Crippen molar-refractivity contribution in [2.75, 3.05) is 18.4 Å². The van der Waals surface area contributed by atoms with Crippen LogP contribution >= 0.6 is 0 Å². The van der Waals surface area contributed by atoms with Crippen molar-refractivity contribution in [3.05, 3.63) is 48.5 Å². The summed E-state index contributed by atoms with van der Waals surface area (Å²) in [5.41, 5.74) is 4.42. The topological polar surface area (TPSA) is 93.8 Å². The van der Waals surface area contributed by atoms with E-state index in [9.17, 15) is 4.79 Å². The second kappa shape index (κ2) is 8.07. The van der Waals surface area contributed by atoms with Gasteiger partial charge in [-0.15, -0.1) is 0 Å². The van der Waals surface area contributed by atoms with Crippen LogP contribution in [0, 0.1) is 6.92 Å². The number of aromatic nitrogens is 6. The van der Waals surface area contributed by atoms with Crippen molar-refractivity contribution in [2.24, 2.45) is 7.05 Å². The molecule has 4 heterocycles. The SMILES string of the molecule is CCC(=O)N1CC[C@H](Nc2ncnc3c2nc(-c2cnn(-c4ccccc4)c2C)n3C)C1. The smallest absolute Gasteiger partial charge is 0.222 e. The van der Waals surface area contributed by atoms with Crippen molar-refractivity contribution in [1.82, 2.24) is 34.2 Å². The van der Waals surface area contributed by atoms with Gasteiger partial charge in [0.1, 0.15) is 12.2 Å². The minimum absolute atomic E-state index is 0.150. The molecule has 1 aliphatic rings. The first kappa shape index (κ1) is 20.2. The van der Waals surface area contributed by atoms with E-state index in [0.29, 0.717) is 18.8 Å². The number of anilines is 1. The van der Waals surface area contributed by atoms with Gasteiger partial charge in [0, 0.05) is 32.6 Å². The van der Waals surface area contributed by atoms with E-state index in [1.165, 1.54) is 0 Å². The highest BCUT2D eigenvalue weighted by molar-refractivity contribution is 5.86. The number of carbonyl (C=O) groups excluding carboxylic acids is 1. The Labute approximate surface area is 186 Å². The molecule has 0 saturated carbocycles. The third-order valence-corrected chi connectivity index (χ3v) is 6.09. The van der Waals surface area contributed by atoms with Crippen LogP contribution in [0.25, 0.3) is 28.2 Å². The average molecular weight is 431 g/mol. The summed E-state index contributed by atoms with van der Waals surface area (Å²) in [7, 11) is 1.96. The maximum atomic E-state index is 12.0. The molecule has 32 heavy (non-hydrogen) atoms. The molecular formula is C23H26N8O. The number of hydrogen-bond acceptors (Lipinski definition) is 6. The Morgan fingerprint density at radius 1 is 1.22 bits per heavy atom. The summed E-state index contributed by atoms with van der Waals surface area (Å²) in [5, 5.41) is 8.08. The largest absolute Gasteiger partial charge is 0.364 e. The summed E-state index contributed by atoms with van der Waals surface area (Å²) in [4.78, 5) is 27.8. The number of rotatable bonds is 5. The van der Waals surface area contributed by atoms with Crippen molar-refractivity contribution in [3.63, 3.8) is 0 Å². The van der Waals surface area contributed by atoms with Gasteiger partial charge in [-0.1, -0.05) is 25.1 Å². The van der Waals surface area contributed by atoms with Crippen molar-refractivity contribution in [3.8, 4) is 17.1 Å². The zero-order valence-corrected chi connectivity index (χ0v) is 18.5. The van der Waals surface area contributed by atoms with Crippen LogP contribution in [0.3, 0.4) is 0 Å². The standard InChI is InChI=1S/C23H26N8O/c1-4-19(32)30-11-10-16(13-30)27-21-20-23(25-14-24-21)29(3)22(28-20)18-12-26-31(15(18)2)17-8-6-5-7-9-17/h5-9,12,14,16H,4,10-11,13H2,1-3H3,(H,24,25,27)/t16-/m0/s1. The van der Waals surface area contributed by atoms with Crippen LogP contribution in [-0.4, -0.2) is 59.2 Å². The Bertz CT molecular complexity index is 1280. The molecule has 9 heteroatoms. The van der Waals surface area contributed by atoms with Gasteiger partial charge in [-0.3, -0.25) is 4.79 Å². The molecule has 1 fully saturated rings. The van der Waals surface area contributed by atoms with E-state index in [0.717, 1.165) is 46.9 Å². The normalized spacial score (nSPS) is 16.1. The molecule has 1 N–H and O–H groups in total. The maximum absolute atomic E-state index is 12.0. The highest BCUT2D eigenvalue weighted by atomic mass is 16.2. The first-order valence-corrected chi connectivity index (χ1v) is 10.9. The first-order chi connectivity index (χ1) is 15.6. The number of hydrogen-bond donors (Lipinski definition) is 1. The van der Waals surface area contributed by atoms with Gasteiger partial charge in [0.15, 0.2) is 17.0 Å². The summed E-state index contributed by atoms with van der Waals surface area (Å²) in [6, 6.07) is 10.2. The monoisotopic (exact) mass is 430 g/mol. The molecule has 1 aromatic carbocycles. The molecule has 1 saturated heterocycles. The summed E-state index contributed by atoms with van der Waals surface area (Å²) < 4.78 is 3.89. The maximum Gasteiger partial charge on any atom is 0.222 e. The molecule has 3 aromatic heterocycles. The molecule has 1 atom stereocenters. The summed E-state index contributed by atoms with van der Waals surface area (Å²) >= 11 is 0. The van der Waals surface area contributed by atoms with Gasteiger partial charge in [0.25, 0.3) is 0 Å². The minimum atomic E-state index is 0.150. The second-order valence-corrected chi connectivity index (χ2v) is 8.10. The molecule has 0 bridgehead atoms. The number of imidazole rings is 1. The van der Waals surface area contributed by atoms with Crippen LogP contribution in [0.15, 0.2) is 42.9 Å². The van der Waals surface area contributed by atoms with Crippen LogP contribution in [0.2, 0.25) is 0 Å². The van der Waals surface area contributed by atoms with E-state index < -0.39 is 0 Å². The Hall–Kier alpha value is -3.75. The van der Waals surface area contributed by atoms with Crippen molar-refractivity contribution < 1.29 is 4.79 Å². The fraction of sp³-hybridized carbons (Fsp3) is 0.348. The number of amides is 1. The molecule has 1 aliphatic heterocycles. The molecule has 0 aliphatic carbocycles. The summed E-state index contributed by atoms with van der Waals surface area (Å²) in [6.45, 7) is 5.39. The number of likely N-dealkylation sites (tertiary alicyclic amines) is 1. The average Bonchev–Trinajstić information content (AvgIpc) is 3.52. The molecule has 1 amide bonds. The molecular weight excluding hydrogens is 404 g/mol. The predicted molar refractivity (Wildman–Crippen MR) is 122 cm³/mol. The van der Waals surface area contributed by atoms with E-state index in [1.54, 1.807) is 6.33 Å². The molecule has 164 valence electrons. The molecule has 0 radical (unpaired) electrons. The van der Waals surface area contributed by atoms with E-state index >= 15 is 0 Å². The number of para-hydroxylation sites is 1. The molecule has 5 rings (SSSR count). The van der Waals surface area contributed by atoms with Crippen molar-refractivity contribution in [2.45, 2.75) is 32.7 Å². The van der Waals surface area contributed by atoms with Gasteiger partial charge in [-0.25, -0.2) is 19.6 Å². The Morgan fingerprint density at radius 3 is 2.81 bits per heavy atom. The van der Waals surface area contributed by atoms with E-state index in [-0.39, 0.29) is 11.9 Å². The van der Waals surface area contributed by atoms with Gasteiger partial charge in [-0.05, 0) is 25.5 Å². The van der Waals surface area contributed by atoms with E-state index in [1.807, 2.05) is 71.6 Å². The molecule has 4 aromatic rings. The van der Waals surface area contributed by atoms with Crippen LogP contribution in [-0.2, 0) is 11.8 Å². The lowest BCUT2D eigenvalue weighted by Crippen LogP contribution is -2.31. The fourth-order valence-electron chi connectivity index (χ4n) is 4.33. The molecule has 9 nitrogen and oxygen atoms in total. The van der Waals surface area contributed by atoms with Crippen LogP contribution in [0.1, 0.15) is 25.5 Å². The van der Waals surface area contributed by atoms with E-state index in [4.69, 9.17) is 4.98 Å².